The molecule has 0 fully saturated rings. The van der Waals surface area contributed by atoms with E-state index in [0.29, 0.717) is 10.0 Å². The maximum atomic E-state index is 12.4. The Morgan fingerprint density at radius 3 is 2.38 bits per heavy atom. The summed E-state index contributed by atoms with van der Waals surface area (Å²) in [6.07, 6.45) is 3.71. The minimum absolute atomic E-state index is 0.190. The molecule has 1 aromatic carbocycles. The molecular weight excluding hydrogens is 328 g/mol. The molecule has 1 N–H and O–H groups in total. The summed E-state index contributed by atoms with van der Waals surface area (Å²) in [6, 6.07) is 14.0. The van der Waals surface area contributed by atoms with Crippen molar-refractivity contribution in [3.05, 3.63) is 65.3 Å². The maximum absolute atomic E-state index is 12.4. The average molecular weight is 339 g/mol. The summed E-state index contributed by atoms with van der Waals surface area (Å²) in [5.41, 5.74) is 1.27. The van der Waals surface area contributed by atoms with Gasteiger partial charge in [-0.1, -0.05) is 23.7 Å². The smallest absolute Gasteiger partial charge is 0.271 e. The SMILES string of the molecule is O=S(=O)(Nc1ccccc1-n1cccc1)c1ccc(Cl)s1. The van der Waals surface area contributed by atoms with Crippen LogP contribution in [0.15, 0.2) is 65.1 Å². The molecule has 7 heteroatoms. The van der Waals surface area contributed by atoms with Gasteiger partial charge in [0.2, 0.25) is 0 Å². The number of anilines is 1. The molecule has 108 valence electrons. The second kappa shape index (κ2) is 5.55. The van der Waals surface area contributed by atoms with E-state index in [1.807, 2.05) is 41.2 Å². The molecule has 0 bridgehead atoms. The van der Waals surface area contributed by atoms with E-state index in [1.54, 1.807) is 18.2 Å². The number of halogens is 1. The van der Waals surface area contributed by atoms with Crippen LogP contribution < -0.4 is 4.72 Å². The van der Waals surface area contributed by atoms with Gasteiger partial charge in [-0.05, 0) is 36.4 Å². The summed E-state index contributed by atoms with van der Waals surface area (Å²) in [7, 11) is -3.64. The van der Waals surface area contributed by atoms with E-state index in [9.17, 15) is 8.42 Å². The summed E-state index contributed by atoms with van der Waals surface area (Å²) in [4.78, 5) is 0. The molecule has 21 heavy (non-hydrogen) atoms. The van der Waals surface area contributed by atoms with Crippen LogP contribution in [0.3, 0.4) is 0 Å². The summed E-state index contributed by atoms with van der Waals surface area (Å²) in [6.45, 7) is 0. The maximum Gasteiger partial charge on any atom is 0.271 e. The largest absolute Gasteiger partial charge is 0.322 e. The lowest BCUT2D eigenvalue weighted by Crippen LogP contribution is -2.13. The second-order valence-corrected chi connectivity index (χ2v) is 7.90. The van der Waals surface area contributed by atoms with Crippen molar-refractivity contribution in [2.24, 2.45) is 0 Å². The third kappa shape index (κ3) is 2.97. The molecule has 3 rings (SSSR count). The number of hydrogen-bond acceptors (Lipinski definition) is 3. The second-order valence-electron chi connectivity index (χ2n) is 4.27. The van der Waals surface area contributed by atoms with Crippen molar-refractivity contribution in [1.82, 2.24) is 4.57 Å². The zero-order chi connectivity index (χ0) is 14.9. The van der Waals surface area contributed by atoms with E-state index < -0.39 is 10.0 Å². The van der Waals surface area contributed by atoms with Crippen LogP contribution in [0.2, 0.25) is 4.34 Å². The standard InChI is InChI=1S/C14H11ClN2O2S2/c15-13-7-8-14(20-13)21(18,19)16-11-5-1-2-6-12(11)17-9-3-4-10-17/h1-10,16H. The number of para-hydroxylation sites is 2. The molecule has 0 aliphatic heterocycles. The number of nitrogens with one attached hydrogen (secondary N) is 1. The normalized spacial score (nSPS) is 11.5. The Balaban J connectivity index is 1.99. The molecule has 3 aromatic rings. The predicted octanol–water partition coefficient (Wildman–Crippen LogP) is 3.99. The van der Waals surface area contributed by atoms with Gasteiger partial charge in [0, 0.05) is 12.4 Å². The number of sulfonamides is 1. The summed E-state index contributed by atoms with van der Waals surface area (Å²) < 4.78 is 29.8. The molecule has 0 atom stereocenters. The molecule has 4 nitrogen and oxygen atoms in total. The molecule has 0 amide bonds. The summed E-state index contributed by atoms with van der Waals surface area (Å²) in [5, 5.41) is 0. The molecule has 0 spiro atoms. The highest BCUT2D eigenvalue weighted by molar-refractivity contribution is 7.94. The van der Waals surface area contributed by atoms with E-state index in [-0.39, 0.29) is 4.21 Å². The lowest BCUT2D eigenvalue weighted by atomic mass is 10.3. The molecule has 0 radical (unpaired) electrons. The van der Waals surface area contributed by atoms with Gasteiger partial charge >= 0.3 is 0 Å². The molecule has 0 saturated heterocycles. The molecule has 0 unspecified atom stereocenters. The van der Waals surface area contributed by atoms with Gasteiger partial charge in [0.05, 0.1) is 15.7 Å². The molecule has 0 aliphatic rings. The highest BCUT2D eigenvalue weighted by Crippen LogP contribution is 2.29. The molecule has 0 saturated carbocycles. The Morgan fingerprint density at radius 1 is 1.00 bits per heavy atom. The van der Waals surface area contributed by atoms with E-state index in [2.05, 4.69) is 4.72 Å². The first-order valence-electron chi connectivity index (χ1n) is 6.07. The van der Waals surface area contributed by atoms with Crippen LogP contribution in [0.5, 0.6) is 0 Å². The van der Waals surface area contributed by atoms with Gasteiger partial charge in [-0.3, -0.25) is 4.72 Å². The van der Waals surface area contributed by atoms with Crippen molar-refractivity contribution in [3.8, 4) is 5.69 Å². The predicted molar refractivity (Wildman–Crippen MR) is 85.9 cm³/mol. The highest BCUT2D eigenvalue weighted by Gasteiger charge is 2.18. The Hall–Kier alpha value is -1.76. The van der Waals surface area contributed by atoms with Crippen LogP contribution in [0.4, 0.5) is 5.69 Å². The highest BCUT2D eigenvalue weighted by atomic mass is 35.5. The minimum atomic E-state index is -3.64. The van der Waals surface area contributed by atoms with Crippen LogP contribution in [0, 0.1) is 0 Å². The molecular formula is C14H11ClN2O2S2. The van der Waals surface area contributed by atoms with Crippen LogP contribution in [-0.4, -0.2) is 13.0 Å². The minimum Gasteiger partial charge on any atom is -0.322 e. The van der Waals surface area contributed by atoms with Gasteiger partial charge in [-0.25, -0.2) is 8.42 Å². The fraction of sp³-hybridized carbons (Fsp3) is 0. The molecule has 2 aromatic heterocycles. The summed E-state index contributed by atoms with van der Waals surface area (Å²) >= 11 is 6.83. The number of nitrogens with zero attached hydrogens (tertiary/aromatic N) is 1. The van der Waals surface area contributed by atoms with Crippen molar-refractivity contribution in [2.75, 3.05) is 4.72 Å². The number of hydrogen-bond donors (Lipinski definition) is 1. The quantitative estimate of drug-likeness (QED) is 0.782. The lowest BCUT2D eigenvalue weighted by molar-refractivity contribution is 0.603. The fourth-order valence-corrected chi connectivity index (χ4v) is 4.47. The van der Waals surface area contributed by atoms with Crippen LogP contribution >= 0.6 is 22.9 Å². The Kier molecular flexibility index (Phi) is 3.75. The van der Waals surface area contributed by atoms with Crippen molar-refractivity contribution in [2.45, 2.75) is 4.21 Å². The van der Waals surface area contributed by atoms with E-state index in [1.165, 1.54) is 6.07 Å². The van der Waals surface area contributed by atoms with Crippen LogP contribution in [-0.2, 0) is 10.0 Å². The van der Waals surface area contributed by atoms with Crippen LogP contribution in [0.25, 0.3) is 5.69 Å². The Morgan fingerprint density at radius 2 is 1.71 bits per heavy atom. The van der Waals surface area contributed by atoms with Crippen molar-refractivity contribution >= 4 is 38.6 Å². The van der Waals surface area contributed by atoms with E-state index in [4.69, 9.17) is 11.6 Å². The van der Waals surface area contributed by atoms with E-state index in [0.717, 1.165) is 17.0 Å². The zero-order valence-corrected chi connectivity index (χ0v) is 13.1. The fourth-order valence-electron chi connectivity index (χ4n) is 1.92. The number of thiophene rings is 1. The van der Waals surface area contributed by atoms with Gasteiger partial charge in [0.15, 0.2) is 0 Å². The average Bonchev–Trinajstić information content (AvgIpc) is 3.10. The van der Waals surface area contributed by atoms with E-state index >= 15 is 0 Å². The Labute approximate surface area is 131 Å². The third-order valence-electron chi connectivity index (χ3n) is 2.84. The van der Waals surface area contributed by atoms with Crippen molar-refractivity contribution in [3.63, 3.8) is 0 Å². The Bertz CT molecular complexity index is 855. The van der Waals surface area contributed by atoms with Gasteiger partial charge < -0.3 is 4.57 Å². The van der Waals surface area contributed by atoms with Gasteiger partial charge in [-0.15, -0.1) is 11.3 Å². The van der Waals surface area contributed by atoms with Crippen LogP contribution in [0.1, 0.15) is 0 Å². The number of aromatic nitrogens is 1. The molecule has 2 heterocycles. The van der Waals surface area contributed by atoms with Crippen molar-refractivity contribution in [1.29, 1.82) is 0 Å². The first-order valence-corrected chi connectivity index (χ1v) is 8.74. The summed E-state index contributed by atoms with van der Waals surface area (Å²) in [5.74, 6) is 0. The zero-order valence-electron chi connectivity index (χ0n) is 10.7. The van der Waals surface area contributed by atoms with Gasteiger partial charge in [-0.2, -0.15) is 0 Å². The lowest BCUT2D eigenvalue weighted by Gasteiger charge is -2.12. The number of benzene rings is 1. The monoisotopic (exact) mass is 338 g/mol. The third-order valence-corrected chi connectivity index (χ3v) is 5.93. The van der Waals surface area contributed by atoms with Gasteiger partial charge in [0.25, 0.3) is 10.0 Å². The number of rotatable bonds is 4. The van der Waals surface area contributed by atoms with Gasteiger partial charge in [0.1, 0.15) is 4.21 Å². The first-order chi connectivity index (χ1) is 10.1. The molecule has 0 aliphatic carbocycles. The van der Waals surface area contributed by atoms with Crippen molar-refractivity contribution < 1.29 is 8.42 Å². The first kappa shape index (κ1) is 14.2. The topological polar surface area (TPSA) is 51.1 Å².